The van der Waals surface area contributed by atoms with Gasteiger partial charge < -0.3 is 114 Å². The average Bonchev–Trinajstić information content (AvgIpc) is 1.56. The number of aliphatic hydroxyl groups excluding tert-OH is 2. The van der Waals surface area contributed by atoms with Crippen molar-refractivity contribution in [3.05, 3.63) is 94.3 Å². The third-order valence-electron chi connectivity index (χ3n) is 22.0. The molecule has 2 aromatic rings. The predicted molar refractivity (Wildman–Crippen MR) is 456 cm³/mol. The highest BCUT2D eigenvalue weighted by Crippen LogP contribution is 2.72. The second-order valence-electron chi connectivity index (χ2n) is 30.4. The Morgan fingerprint density at radius 1 is 0.552 bits per heavy atom. The molecule has 0 radical (unpaired) electrons. The summed E-state index contributed by atoms with van der Waals surface area (Å²) in [6, 6.07) is 14.9. The van der Waals surface area contributed by atoms with E-state index in [9.17, 15) is 67.7 Å². The maximum Gasteiger partial charge on any atom is 0.306 e. The molecule has 7 rings (SSSR count). The summed E-state index contributed by atoms with van der Waals surface area (Å²) < 4.78 is 77.3. The SMILES string of the molecule is CCC(=O)O[C@]1(C(=O)COCNC(=O)CNC(=O)CNC(=O)CNC(=O)[C@H](CO)NC(=O)[C@H](CCCCNC(=O)CCOCCOCCOCCOCCOCCOCCOCCOCCOCCOCCOCCOC)NC(=O)CCN2C(=O)C(Sc3ccccc3)=C(Sc3ccccc3)C2=O)[C@@H](C)CC2[C@@H]3CCC4=CC(=O)C=C[C@]4(C)[C@@]3(Cl)[C@@H](O)C[C@@]21C. The number of aliphatic hydroxyl groups is 2. The van der Waals surface area contributed by atoms with Crippen molar-refractivity contribution < 1.29 is 134 Å². The van der Waals surface area contributed by atoms with E-state index in [0.29, 0.717) is 168 Å². The van der Waals surface area contributed by atoms with Gasteiger partial charge in [-0.2, -0.15) is 0 Å². The fourth-order valence-corrected chi connectivity index (χ4v) is 18.2. The van der Waals surface area contributed by atoms with E-state index in [2.05, 4.69) is 37.2 Å². The van der Waals surface area contributed by atoms with Crippen LogP contribution in [0.5, 0.6) is 0 Å². The Morgan fingerprint density at radius 3 is 1.50 bits per heavy atom. The van der Waals surface area contributed by atoms with E-state index in [1.165, 1.54) is 6.08 Å². The lowest BCUT2D eigenvalue weighted by atomic mass is 9.45. The maximum absolute atomic E-state index is 14.6. The topological polar surface area (TPSA) is 462 Å². The van der Waals surface area contributed by atoms with Crippen LogP contribution in [0.15, 0.2) is 104 Å². The molecule has 125 heavy (non-hydrogen) atoms. The van der Waals surface area contributed by atoms with E-state index in [1.807, 2.05) is 32.9 Å². The molecule has 3 saturated carbocycles. The zero-order valence-corrected chi connectivity index (χ0v) is 74.5. The Bertz CT molecular complexity index is 3810. The highest BCUT2D eigenvalue weighted by atomic mass is 35.5. The molecule has 5 aliphatic rings. The molecule has 9 N–H and O–H groups in total. The van der Waals surface area contributed by atoms with E-state index < -0.39 is 150 Å². The molecule has 4 aliphatic carbocycles. The number of methoxy groups -OCH3 is 1. The predicted octanol–water partition coefficient (Wildman–Crippen LogP) is 2.60. The lowest BCUT2D eigenvalue weighted by Gasteiger charge is -2.64. The normalized spacial score (nSPS) is 21.7. The van der Waals surface area contributed by atoms with Crippen LogP contribution >= 0.6 is 35.1 Å². The van der Waals surface area contributed by atoms with Gasteiger partial charge in [0.05, 0.1) is 199 Å². The van der Waals surface area contributed by atoms with Crippen molar-refractivity contribution >= 4 is 106 Å². The number of esters is 1. The fraction of sp³-hybridized carbons (Fsp3) is 0.651. The van der Waals surface area contributed by atoms with E-state index in [-0.39, 0.29) is 98.4 Å². The zero-order chi connectivity index (χ0) is 90.3. The molecular weight excluding hydrogens is 1690 g/mol. The van der Waals surface area contributed by atoms with Gasteiger partial charge in [0, 0.05) is 66.0 Å². The minimum absolute atomic E-state index is 0.00524. The number of carbonyl (C=O) groups is 12. The number of thioether (sulfide) groups is 2. The number of halogens is 1. The lowest BCUT2D eigenvalue weighted by molar-refractivity contribution is -0.203. The van der Waals surface area contributed by atoms with Crippen LogP contribution in [-0.4, -0.2) is 326 Å². The monoisotopic (exact) mass is 1820 g/mol. The van der Waals surface area contributed by atoms with Crippen molar-refractivity contribution in [2.24, 2.45) is 28.6 Å². The fourth-order valence-electron chi connectivity index (χ4n) is 15.6. The highest BCUT2D eigenvalue weighted by Gasteiger charge is 2.76. The number of ether oxygens (including phenoxy) is 14. The Morgan fingerprint density at radius 2 is 1.02 bits per heavy atom. The number of nitrogens with one attached hydrogen (secondary N) is 7. The van der Waals surface area contributed by atoms with Crippen LogP contribution in [-0.2, 0) is 124 Å². The third kappa shape index (κ3) is 32.8. The molecule has 0 saturated heterocycles. The number of allylic oxidation sites excluding steroid dienone is 4. The average molecular weight is 1820 g/mol. The number of carbonyl (C=O) groups excluding carboxylic acids is 12. The van der Waals surface area contributed by atoms with Gasteiger partial charge in [-0.3, -0.25) is 62.4 Å². The lowest BCUT2D eigenvalue weighted by Crippen LogP contribution is -2.69. The molecule has 39 heteroatoms. The summed E-state index contributed by atoms with van der Waals surface area (Å²) in [7, 11) is 1.63. The number of hydrogen-bond donors (Lipinski definition) is 9. The van der Waals surface area contributed by atoms with Gasteiger partial charge in [0.1, 0.15) is 25.4 Å². The van der Waals surface area contributed by atoms with Gasteiger partial charge in [0.2, 0.25) is 47.1 Å². The molecule has 1 unspecified atom stereocenters. The largest absolute Gasteiger partial charge is 0.450 e. The summed E-state index contributed by atoms with van der Waals surface area (Å²) in [5, 5.41) is 39.6. The molecule has 10 atom stereocenters. The summed E-state index contributed by atoms with van der Waals surface area (Å²) in [5.74, 6) is -9.26. The molecule has 1 aliphatic heterocycles. The Balaban J connectivity index is 0.760. The number of nitrogens with zero attached hydrogens (tertiary/aromatic N) is 1. The van der Waals surface area contributed by atoms with Gasteiger partial charge in [-0.25, -0.2) is 0 Å². The maximum atomic E-state index is 14.6. The smallest absolute Gasteiger partial charge is 0.306 e. The molecule has 36 nitrogen and oxygen atoms in total. The molecule has 9 amide bonds. The van der Waals surface area contributed by atoms with Crippen LogP contribution in [0.4, 0.5) is 0 Å². The quantitative estimate of drug-likeness (QED) is 0.0151. The summed E-state index contributed by atoms with van der Waals surface area (Å²) in [5.41, 5.74) is -2.88. The molecule has 1 heterocycles. The van der Waals surface area contributed by atoms with Crippen LogP contribution in [0.3, 0.4) is 0 Å². The first-order valence-electron chi connectivity index (χ1n) is 42.5. The molecular formula is C86H125ClN8O28S2. The standard InChI is InChI=1S/C86H125ClN8O28S2/c1-6-76(105)123-86(60(2)51-66-65-21-20-61-52-62(97)22-25-83(61,3)85(65,87)69(98)53-84(66,86)4)70(99)58-122-59-92-75(104)55-90-73(102)54-89-74(103)56-91-79(106)68(57-96)94-80(107)67(93-72(101)23-27-95-81(108)77(124-63-15-9-7-10-16-63)78(82(95)109)125-64-17-11-8-12-18-64)19-13-14-26-88-71(100)24-28-111-31-32-113-35-36-115-39-40-117-43-44-119-47-48-121-50-49-120-46-45-118-42-41-116-38-37-114-34-33-112-30-29-110-5/h7-12,15-18,22,25,52,60,65-69,96,98H,6,13-14,19-21,23-24,26-51,53-59H2,1-5H3,(H,88,100)(H,89,103)(H,90,102)(H,91,106)(H,92,104)(H,93,101)(H,94,107)/t60-,65-,66?,67-,68-,69-,83-,84-,85-,86-/m0/s1. The summed E-state index contributed by atoms with van der Waals surface area (Å²) in [6.45, 7) is 12.4. The summed E-state index contributed by atoms with van der Waals surface area (Å²) >= 11 is 9.86. The first-order chi connectivity index (χ1) is 60.4. The van der Waals surface area contributed by atoms with Crippen LogP contribution < -0.4 is 37.2 Å². The number of rotatable bonds is 66. The van der Waals surface area contributed by atoms with Crippen molar-refractivity contribution in [3.8, 4) is 0 Å². The first-order valence-corrected chi connectivity index (χ1v) is 44.5. The van der Waals surface area contributed by atoms with Gasteiger partial charge in [-0.05, 0) is 93.2 Å². The van der Waals surface area contributed by atoms with Crippen LogP contribution in [0.1, 0.15) is 91.9 Å². The van der Waals surface area contributed by atoms with Crippen molar-refractivity contribution in [2.45, 2.75) is 130 Å². The number of Topliss-reactive ketones (excluding diaryl/α,β-unsaturated/α-hetero) is 1. The Labute approximate surface area is 743 Å². The van der Waals surface area contributed by atoms with Gasteiger partial charge in [-0.1, -0.05) is 99.3 Å². The van der Waals surface area contributed by atoms with E-state index in [4.69, 9.17) is 77.9 Å². The molecule has 3 fully saturated rings. The Kier molecular flexibility index (Phi) is 47.2. The van der Waals surface area contributed by atoms with Crippen LogP contribution in [0.25, 0.3) is 0 Å². The number of fused-ring (bicyclic) bond motifs is 5. The number of ketones is 2. The van der Waals surface area contributed by atoms with Gasteiger partial charge in [0.25, 0.3) is 11.8 Å². The van der Waals surface area contributed by atoms with E-state index in [1.54, 1.807) is 74.7 Å². The van der Waals surface area contributed by atoms with Crippen LogP contribution in [0, 0.1) is 28.6 Å². The number of hydrogen-bond acceptors (Lipinski definition) is 30. The molecule has 696 valence electrons. The highest BCUT2D eigenvalue weighted by molar-refractivity contribution is 8.08. The zero-order valence-electron chi connectivity index (χ0n) is 72.1. The minimum atomic E-state index is -1.75. The van der Waals surface area contributed by atoms with Crippen molar-refractivity contribution in [1.82, 2.24) is 42.1 Å². The number of unbranched alkanes of at least 4 members (excludes halogenated alkanes) is 1. The first kappa shape index (κ1) is 104. The second-order valence-corrected chi connectivity index (χ2v) is 33.2. The van der Waals surface area contributed by atoms with Crippen LogP contribution in [0.2, 0.25) is 0 Å². The van der Waals surface area contributed by atoms with Crippen molar-refractivity contribution in [2.75, 3.05) is 212 Å². The second kappa shape index (κ2) is 56.6. The Hall–Kier alpha value is -7.71. The van der Waals surface area contributed by atoms with E-state index in [0.717, 1.165) is 34.0 Å². The van der Waals surface area contributed by atoms with Crippen molar-refractivity contribution in [1.29, 1.82) is 0 Å². The van der Waals surface area contributed by atoms with Gasteiger partial charge in [0.15, 0.2) is 11.4 Å². The minimum Gasteiger partial charge on any atom is -0.450 e. The molecule has 2 aromatic carbocycles. The number of benzene rings is 2. The molecule has 0 bridgehead atoms. The van der Waals surface area contributed by atoms with Gasteiger partial charge >= 0.3 is 5.97 Å². The number of imide groups is 1. The summed E-state index contributed by atoms with van der Waals surface area (Å²) in [6.07, 6.45) is 5.16. The van der Waals surface area contributed by atoms with E-state index >= 15 is 0 Å². The molecule has 0 spiro atoms. The summed E-state index contributed by atoms with van der Waals surface area (Å²) in [4.78, 5) is 162. The number of alkyl halides is 1. The molecule has 0 aromatic heterocycles. The third-order valence-corrected chi connectivity index (χ3v) is 25.2. The van der Waals surface area contributed by atoms with Gasteiger partial charge in [-0.15, -0.1) is 11.6 Å². The van der Waals surface area contributed by atoms with Crippen molar-refractivity contribution in [3.63, 3.8) is 0 Å². The number of amides is 9.